The van der Waals surface area contributed by atoms with Gasteiger partial charge in [-0.1, -0.05) is 65.0 Å². The fourth-order valence-corrected chi connectivity index (χ4v) is 5.05. The number of anilines is 2. The van der Waals surface area contributed by atoms with Crippen LogP contribution >= 0.6 is 39.9 Å². The van der Waals surface area contributed by atoms with Gasteiger partial charge in [0.15, 0.2) is 22.4 Å². The molecule has 1 heterocycles. The first-order valence-electron chi connectivity index (χ1n) is 11.1. The summed E-state index contributed by atoms with van der Waals surface area (Å²) >= 11 is 10.1. The van der Waals surface area contributed by atoms with Crippen LogP contribution in [0.3, 0.4) is 0 Å². The van der Waals surface area contributed by atoms with Crippen LogP contribution in [0.4, 0.5) is 11.4 Å². The van der Waals surface area contributed by atoms with Crippen molar-refractivity contribution in [3.63, 3.8) is 0 Å². The van der Waals surface area contributed by atoms with E-state index in [1.165, 1.54) is 24.4 Å². The predicted molar refractivity (Wildman–Crippen MR) is 153 cm³/mol. The predicted octanol–water partition coefficient (Wildman–Crippen LogP) is 6.44. The second kappa shape index (κ2) is 11.7. The van der Waals surface area contributed by atoms with Gasteiger partial charge in [0.25, 0.3) is 11.8 Å². The van der Waals surface area contributed by atoms with Gasteiger partial charge in [0.1, 0.15) is 0 Å². The lowest BCUT2D eigenvalue weighted by Crippen LogP contribution is -2.27. The Hall–Kier alpha value is -3.14. The number of hydrogen-bond acceptors (Lipinski definition) is 6. The van der Waals surface area contributed by atoms with Crippen LogP contribution in [0.25, 0.3) is 6.08 Å². The fraction of sp³-hybridized carbons (Fsp3) is 0.148. The largest absolute Gasteiger partial charge is 0.493 e. The Morgan fingerprint density at radius 1 is 1.08 bits per heavy atom. The van der Waals surface area contributed by atoms with Crippen LogP contribution in [-0.4, -0.2) is 29.9 Å². The van der Waals surface area contributed by atoms with Crippen LogP contribution in [-0.2, 0) is 16.0 Å². The summed E-state index contributed by atoms with van der Waals surface area (Å²) in [4.78, 5) is 27.4. The number of methoxy groups -OCH3 is 1. The average Bonchev–Trinajstić information content (AvgIpc) is 3.16. The molecule has 3 aromatic carbocycles. The molecule has 1 saturated heterocycles. The van der Waals surface area contributed by atoms with Crippen LogP contribution in [0.5, 0.6) is 11.5 Å². The molecule has 1 aliphatic rings. The monoisotopic (exact) mass is 582 g/mol. The van der Waals surface area contributed by atoms with Crippen LogP contribution in [0.15, 0.2) is 76.1 Å². The number of nitrogens with one attached hydrogen (secondary N) is 1. The number of ether oxygens (including phenoxy) is 2. The van der Waals surface area contributed by atoms with Crippen molar-refractivity contribution < 1.29 is 19.1 Å². The van der Waals surface area contributed by atoms with Gasteiger partial charge in [-0.25, -0.2) is 0 Å². The van der Waals surface area contributed by atoms with Crippen molar-refractivity contribution in [1.82, 2.24) is 0 Å². The maximum absolute atomic E-state index is 13.1. The molecule has 2 amide bonds. The van der Waals surface area contributed by atoms with E-state index in [-0.39, 0.29) is 18.4 Å². The summed E-state index contributed by atoms with van der Waals surface area (Å²) in [5.74, 6) is 0.409. The van der Waals surface area contributed by atoms with E-state index >= 15 is 0 Å². The highest BCUT2D eigenvalue weighted by Gasteiger charge is 2.33. The number of aryl methyl sites for hydroxylation is 1. The molecule has 1 fully saturated rings. The van der Waals surface area contributed by atoms with Crippen molar-refractivity contribution in [2.24, 2.45) is 0 Å². The Kier molecular flexibility index (Phi) is 8.45. The van der Waals surface area contributed by atoms with Crippen molar-refractivity contribution in [1.29, 1.82) is 0 Å². The Bertz CT molecular complexity index is 1320. The third-order valence-electron chi connectivity index (χ3n) is 5.37. The summed E-state index contributed by atoms with van der Waals surface area (Å²) in [6, 6.07) is 20.4. The van der Waals surface area contributed by atoms with Crippen molar-refractivity contribution in [2.75, 3.05) is 23.9 Å². The molecule has 1 aliphatic heterocycles. The van der Waals surface area contributed by atoms with Gasteiger partial charge in [-0.15, -0.1) is 0 Å². The molecule has 0 bridgehead atoms. The molecule has 0 saturated carbocycles. The Morgan fingerprint density at radius 2 is 1.81 bits per heavy atom. The molecule has 36 heavy (non-hydrogen) atoms. The van der Waals surface area contributed by atoms with E-state index < -0.39 is 0 Å². The van der Waals surface area contributed by atoms with E-state index in [1.807, 2.05) is 36.4 Å². The van der Waals surface area contributed by atoms with Crippen LogP contribution in [0.2, 0.25) is 0 Å². The van der Waals surface area contributed by atoms with Crippen LogP contribution < -0.4 is 19.7 Å². The lowest BCUT2D eigenvalue weighted by atomic mass is 10.1. The molecule has 0 atom stereocenters. The van der Waals surface area contributed by atoms with Crippen molar-refractivity contribution in [3.8, 4) is 11.5 Å². The Labute approximate surface area is 227 Å². The molecule has 0 radical (unpaired) electrons. The standard InChI is InChI=1S/C27H23BrN2O4S2/c1-3-17-4-11-21(12-5-17)30-26(32)24(36-27(30)35)15-18-6-13-22(23(14-18)33-2)34-16-25(31)29-20-9-7-19(28)8-10-20/h4-15H,3,16H2,1-2H3,(H,29,31)/b24-15-. The average molecular weight is 584 g/mol. The quantitative estimate of drug-likeness (QED) is 0.243. The number of hydrogen-bond donors (Lipinski definition) is 1. The minimum Gasteiger partial charge on any atom is -0.493 e. The van der Waals surface area contributed by atoms with E-state index in [9.17, 15) is 9.59 Å². The van der Waals surface area contributed by atoms with E-state index in [4.69, 9.17) is 21.7 Å². The molecular weight excluding hydrogens is 560 g/mol. The number of amides is 2. The molecule has 0 aliphatic carbocycles. The molecular formula is C27H23BrN2O4S2. The second-order valence-electron chi connectivity index (χ2n) is 7.79. The van der Waals surface area contributed by atoms with Crippen molar-refractivity contribution in [3.05, 3.63) is 87.2 Å². The maximum Gasteiger partial charge on any atom is 0.270 e. The van der Waals surface area contributed by atoms with Gasteiger partial charge in [0, 0.05) is 10.2 Å². The van der Waals surface area contributed by atoms with Gasteiger partial charge < -0.3 is 14.8 Å². The van der Waals surface area contributed by atoms with Gasteiger partial charge in [0.05, 0.1) is 17.7 Å². The normalized spacial score (nSPS) is 14.3. The third kappa shape index (κ3) is 6.16. The number of thiocarbonyl (C=S) groups is 1. The fourth-order valence-electron chi connectivity index (χ4n) is 3.49. The first-order chi connectivity index (χ1) is 17.4. The van der Waals surface area contributed by atoms with Crippen molar-refractivity contribution >= 4 is 73.5 Å². The van der Waals surface area contributed by atoms with Crippen LogP contribution in [0.1, 0.15) is 18.1 Å². The highest BCUT2D eigenvalue weighted by atomic mass is 79.9. The van der Waals surface area contributed by atoms with Gasteiger partial charge in [-0.3, -0.25) is 14.5 Å². The molecule has 6 nitrogen and oxygen atoms in total. The summed E-state index contributed by atoms with van der Waals surface area (Å²) in [6.45, 7) is 1.90. The number of carbonyl (C=O) groups is 2. The van der Waals surface area contributed by atoms with Gasteiger partial charge in [-0.2, -0.15) is 0 Å². The SMILES string of the molecule is CCc1ccc(N2C(=O)/C(=C/c3ccc(OCC(=O)Nc4ccc(Br)cc4)c(OC)c3)SC2=S)cc1. The highest BCUT2D eigenvalue weighted by molar-refractivity contribution is 9.10. The number of thioether (sulfide) groups is 1. The van der Waals surface area contributed by atoms with Gasteiger partial charge in [-0.05, 0) is 72.2 Å². The highest BCUT2D eigenvalue weighted by Crippen LogP contribution is 2.37. The van der Waals surface area contributed by atoms with Crippen molar-refractivity contribution in [2.45, 2.75) is 13.3 Å². The Balaban J connectivity index is 1.44. The number of rotatable bonds is 8. The zero-order chi connectivity index (χ0) is 25.7. The lowest BCUT2D eigenvalue weighted by Gasteiger charge is -2.14. The maximum atomic E-state index is 13.1. The summed E-state index contributed by atoms with van der Waals surface area (Å²) < 4.78 is 12.5. The van der Waals surface area contributed by atoms with Crippen LogP contribution in [0, 0.1) is 0 Å². The summed E-state index contributed by atoms with van der Waals surface area (Å²) in [6.07, 6.45) is 2.70. The first kappa shape index (κ1) is 25.9. The Morgan fingerprint density at radius 3 is 2.47 bits per heavy atom. The first-order valence-corrected chi connectivity index (χ1v) is 13.1. The minimum absolute atomic E-state index is 0.168. The molecule has 0 unspecified atom stereocenters. The smallest absolute Gasteiger partial charge is 0.270 e. The zero-order valence-electron chi connectivity index (χ0n) is 19.6. The lowest BCUT2D eigenvalue weighted by molar-refractivity contribution is -0.118. The summed E-state index contributed by atoms with van der Waals surface area (Å²) in [5.41, 5.74) is 3.37. The molecule has 9 heteroatoms. The molecule has 0 aromatic heterocycles. The number of nitrogens with zero attached hydrogens (tertiary/aromatic N) is 1. The molecule has 4 rings (SSSR count). The van der Waals surface area contributed by atoms with E-state index in [0.29, 0.717) is 26.4 Å². The summed E-state index contributed by atoms with van der Waals surface area (Å²) in [7, 11) is 1.52. The molecule has 0 spiro atoms. The van der Waals surface area contributed by atoms with E-state index in [2.05, 4.69) is 28.2 Å². The van der Waals surface area contributed by atoms with Gasteiger partial charge in [0.2, 0.25) is 0 Å². The zero-order valence-corrected chi connectivity index (χ0v) is 22.8. The topological polar surface area (TPSA) is 67.9 Å². The number of benzene rings is 3. The summed E-state index contributed by atoms with van der Waals surface area (Å²) in [5, 5.41) is 2.78. The second-order valence-corrected chi connectivity index (χ2v) is 10.4. The third-order valence-corrected chi connectivity index (χ3v) is 7.20. The number of carbonyl (C=O) groups excluding carboxylic acids is 2. The molecule has 1 N–H and O–H groups in total. The molecule has 3 aromatic rings. The molecule has 184 valence electrons. The van der Waals surface area contributed by atoms with E-state index in [0.717, 1.165) is 22.1 Å². The van der Waals surface area contributed by atoms with E-state index in [1.54, 1.807) is 41.3 Å². The minimum atomic E-state index is -0.293. The number of halogens is 1. The van der Waals surface area contributed by atoms with Gasteiger partial charge >= 0.3 is 0 Å².